The Morgan fingerprint density at radius 2 is 2.05 bits per heavy atom. The molecule has 22 heavy (non-hydrogen) atoms. The summed E-state index contributed by atoms with van der Waals surface area (Å²) in [5.41, 5.74) is -0.730. The van der Waals surface area contributed by atoms with Gasteiger partial charge in [-0.1, -0.05) is 0 Å². The molecule has 1 aromatic heterocycles. The summed E-state index contributed by atoms with van der Waals surface area (Å²) in [5.74, 6) is -1.57. The molecule has 8 nitrogen and oxygen atoms in total. The number of esters is 1. The van der Waals surface area contributed by atoms with Crippen LogP contribution in [-0.4, -0.2) is 33.7 Å². The molecule has 0 spiro atoms. The Hall–Kier alpha value is -2.90. The number of aromatic amines is 1. The minimum Gasteiger partial charge on any atom is -0.481 e. The fourth-order valence-corrected chi connectivity index (χ4v) is 2.09. The van der Waals surface area contributed by atoms with E-state index in [2.05, 4.69) is 9.72 Å². The predicted molar refractivity (Wildman–Crippen MR) is 77.0 cm³/mol. The molecule has 2 rings (SSSR count). The number of ether oxygens (including phenoxy) is 1. The van der Waals surface area contributed by atoms with Crippen LogP contribution in [0.25, 0.3) is 10.9 Å². The van der Waals surface area contributed by atoms with Crippen LogP contribution in [0.15, 0.2) is 27.8 Å². The number of rotatable bonds is 5. The second kappa shape index (κ2) is 6.25. The lowest BCUT2D eigenvalue weighted by atomic mass is 10.1. The highest BCUT2D eigenvalue weighted by Gasteiger charge is 2.11. The van der Waals surface area contributed by atoms with Gasteiger partial charge in [0.1, 0.15) is 0 Å². The summed E-state index contributed by atoms with van der Waals surface area (Å²) >= 11 is 0. The Morgan fingerprint density at radius 3 is 2.68 bits per heavy atom. The molecule has 0 atom stereocenters. The van der Waals surface area contributed by atoms with E-state index in [1.54, 1.807) is 0 Å². The molecule has 2 N–H and O–H groups in total. The summed E-state index contributed by atoms with van der Waals surface area (Å²) in [7, 11) is 1.23. The van der Waals surface area contributed by atoms with Crippen LogP contribution >= 0.6 is 0 Å². The normalized spacial score (nSPS) is 10.6. The minimum atomic E-state index is -0.993. The van der Waals surface area contributed by atoms with Gasteiger partial charge in [0, 0.05) is 13.0 Å². The number of hydrogen-bond donors (Lipinski definition) is 2. The molecule has 0 unspecified atom stereocenters. The van der Waals surface area contributed by atoms with Gasteiger partial charge in [-0.15, -0.1) is 0 Å². The van der Waals surface area contributed by atoms with Crippen LogP contribution in [0.1, 0.15) is 23.2 Å². The number of nitrogens with one attached hydrogen (secondary N) is 1. The molecule has 1 heterocycles. The van der Waals surface area contributed by atoms with Crippen molar-refractivity contribution in [2.45, 2.75) is 19.4 Å². The molecule has 0 amide bonds. The number of fused-ring (bicyclic) bond motifs is 1. The second-order valence-corrected chi connectivity index (χ2v) is 4.64. The van der Waals surface area contributed by atoms with Crippen LogP contribution < -0.4 is 11.2 Å². The fraction of sp³-hybridized carbons (Fsp3) is 0.286. The smallest absolute Gasteiger partial charge is 0.337 e. The molecule has 0 radical (unpaired) electrons. The van der Waals surface area contributed by atoms with Crippen molar-refractivity contribution in [2.24, 2.45) is 0 Å². The van der Waals surface area contributed by atoms with Crippen LogP contribution in [-0.2, 0) is 16.1 Å². The minimum absolute atomic E-state index is 0.00909. The van der Waals surface area contributed by atoms with Crippen molar-refractivity contribution in [2.75, 3.05) is 7.11 Å². The topological polar surface area (TPSA) is 118 Å². The van der Waals surface area contributed by atoms with Crippen LogP contribution in [0.3, 0.4) is 0 Å². The van der Waals surface area contributed by atoms with E-state index in [9.17, 15) is 19.2 Å². The summed E-state index contributed by atoms with van der Waals surface area (Å²) in [6.07, 6.45) is 0.0370. The zero-order valence-electron chi connectivity index (χ0n) is 11.8. The van der Waals surface area contributed by atoms with Crippen LogP contribution in [0.2, 0.25) is 0 Å². The lowest BCUT2D eigenvalue weighted by molar-refractivity contribution is -0.137. The van der Waals surface area contributed by atoms with E-state index >= 15 is 0 Å². The number of hydrogen-bond acceptors (Lipinski definition) is 5. The highest BCUT2D eigenvalue weighted by Crippen LogP contribution is 2.10. The van der Waals surface area contributed by atoms with Gasteiger partial charge in [-0.05, 0) is 24.6 Å². The number of benzene rings is 1. The van der Waals surface area contributed by atoms with Gasteiger partial charge >= 0.3 is 17.6 Å². The van der Waals surface area contributed by atoms with Crippen LogP contribution in [0.4, 0.5) is 0 Å². The van der Waals surface area contributed by atoms with Gasteiger partial charge in [0.15, 0.2) is 0 Å². The highest BCUT2D eigenvalue weighted by molar-refractivity contribution is 5.93. The summed E-state index contributed by atoms with van der Waals surface area (Å²) in [6.45, 7) is 0.00909. The number of carboxylic acid groups (broad SMARTS) is 1. The average Bonchev–Trinajstić information content (AvgIpc) is 2.48. The average molecular weight is 306 g/mol. The van der Waals surface area contributed by atoms with Crippen molar-refractivity contribution in [3.05, 3.63) is 44.6 Å². The first-order valence-electron chi connectivity index (χ1n) is 6.51. The highest BCUT2D eigenvalue weighted by atomic mass is 16.5. The van der Waals surface area contributed by atoms with E-state index in [-0.39, 0.29) is 35.9 Å². The monoisotopic (exact) mass is 306 g/mol. The van der Waals surface area contributed by atoms with Crippen LogP contribution in [0, 0.1) is 0 Å². The maximum Gasteiger partial charge on any atom is 0.337 e. The Bertz CT molecular complexity index is 849. The fourth-order valence-electron chi connectivity index (χ4n) is 2.09. The number of aliphatic carboxylic acids is 1. The zero-order valence-corrected chi connectivity index (χ0v) is 11.8. The number of carboxylic acids is 1. The van der Waals surface area contributed by atoms with Gasteiger partial charge in [-0.2, -0.15) is 0 Å². The van der Waals surface area contributed by atoms with Crippen molar-refractivity contribution >= 4 is 22.8 Å². The van der Waals surface area contributed by atoms with Gasteiger partial charge in [0.2, 0.25) is 0 Å². The number of nitrogens with zero attached hydrogens (tertiary/aromatic N) is 1. The van der Waals surface area contributed by atoms with Gasteiger partial charge in [-0.25, -0.2) is 9.59 Å². The molecule has 1 aromatic carbocycles. The van der Waals surface area contributed by atoms with E-state index in [1.165, 1.54) is 25.3 Å². The Morgan fingerprint density at radius 1 is 1.32 bits per heavy atom. The molecular formula is C14H14N2O6. The third-order valence-electron chi connectivity index (χ3n) is 3.18. The first-order valence-corrected chi connectivity index (χ1v) is 6.51. The summed E-state index contributed by atoms with van der Waals surface area (Å²) < 4.78 is 5.52. The number of methoxy groups -OCH3 is 1. The Kier molecular flexibility index (Phi) is 4.40. The van der Waals surface area contributed by atoms with Gasteiger partial charge in [0.25, 0.3) is 5.56 Å². The van der Waals surface area contributed by atoms with Crippen molar-refractivity contribution in [1.82, 2.24) is 9.55 Å². The molecule has 116 valence electrons. The van der Waals surface area contributed by atoms with Gasteiger partial charge < -0.3 is 14.8 Å². The largest absolute Gasteiger partial charge is 0.481 e. The first kappa shape index (κ1) is 15.5. The molecule has 2 aromatic rings. The standard InChI is InChI=1S/C14H14N2O6/c1-22-13(20)8-4-5-9-10(7-8)15-14(21)16(12(9)19)6-2-3-11(17)18/h4-5,7H,2-3,6H2,1H3,(H,15,21)(H,17,18). The first-order chi connectivity index (χ1) is 10.4. The lowest BCUT2D eigenvalue weighted by Gasteiger charge is -2.06. The molecule has 0 saturated heterocycles. The molecule has 8 heteroatoms. The van der Waals surface area contributed by atoms with E-state index in [4.69, 9.17) is 5.11 Å². The maximum absolute atomic E-state index is 12.3. The number of H-pyrrole nitrogens is 1. The molecule has 0 aliphatic heterocycles. The predicted octanol–water partition coefficient (Wildman–Crippen LogP) is 0.341. The van der Waals surface area contributed by atoms with E-state index in [0.29, 0.717) is 0 Å². The summed E-state index contributed by atoms with van der Waals surface area (Å²) in [5, 5.41) is 8.83. The maximum atomic E-state index is 12.3. The number of carbonyl (C=O) groups excluding carboxylic acids is 1. The Balaban J connectivity index is 2.46. The van der Waals surface area contributed by atoms with Crippen molar-refractivity contribution in [1.29, 1.82) is 0 Å². The quantitative estimate of drug-likeness (QED) is 0.769. The van der Waals surface area contributed by atoms with Gasteiger partial charge in [-0.3, -0.25) is 14.2 Å². The molecule has 0 saturated carbocycles. The number of aromatic nitrogens is 2. The molecule has 0 aliphatic rings. The molecular weight excluding hydrogens is 292 g/mol. The summed E-state index contributed by atoms with van der Waals surface area (Å²) in [4.78, 5) is 48.6. The van der Waals surface area contributed by atoms with Crippen molar-refractivity contribution in [3.63, 3.8) is 0 Å². The van der Waals surface area contributed by atoms with Gasteiger partial charge in [0.05, 0.1) is 23.6 Å². The van der Waals surface area contributed by atoms with Crippen LogP contribution in [0.5, 0.6) is 0 Å². The SMILES string of the molecule is COC(=O)c1ccc2c(=O)n(CCCC(=O)O)c(=O)[nH]c2c1. The molecule has 0 bridgehead atoms. The second-order valence-electron chi connectivity index (χ2n) is 4.64. The van der Waals surface area contributed by atoms with E-state index < -0.39 is 23.2 Å². The van der Waals surface area contributed by atoms with E-state index in [1.807, 2.05) is 0 Å². The lowest BCUT2D eigenvalue weighted by Crippen LogP contribution is -2.35. The zero-order chi connectivity index (χ0) is 16.3. The molecule has 0 fully saturated rings. The summed E-state index contributed by atoms with van der Waals surface area (Å²) in [6, 6.07) is 4.22. The number of carbonyl (C=O) groups is 2. The van der Waals surface area contributed by atoms with E-state index in [0.717, 1.165) is 4.57 Å². The Labute approximate surface area is 124 Å². The third-order valence-corrected chi connectivity index (χ3v) is 3.18. The van der Waals surface area contributed by atoms with Crippen molar-refractivity contribution < 1.29 is 19.4 Å². The third kappa shape index (κ3) is 3.05. The van der Waals surface area contributed by atoms with Crippen molar-refractivity contribution in [3.8, 4) is 0 Å². The molecule has 0 aliphatic carbocycles.